The summed E-state index contributed by atoms with van der Waals surface area (Å²) < 4.78 is 29.5. The molecule has 1 aliphatic rings. The van der Waals surface area contributed by atoms with Crippen LogP contribution in [0, 0.1) is 6.92 Å². The van der Waals surface area contributed by atoms with Crippen molar-refractivity contribution in [3.05, 3.63) is 94.5 Å². The number of rotatable bonds is 10. The van der Waals surface area contributed by atoms with Gasteiger partial charge in [-0.25, -0.2) is 8.42 Å². The maximum atomic E-state index is 14.0. The smallest absolute Gasteiger partial charge is 0.264 e. The summed E-state index contributed by atoms with van der Waals surface area (Å²) in [6.07, 6.45) is 4.00. The van der Waals surface area contributed by atoms with E-state index in [-0.39, 0.29) is 23.4 Å². The minimum Gasteiger partial charge on any atom is -0.352 e. The summed E-state index contributed by atoms with van der Waals surface area (Å²) in [7, 11) is -4.07. The van der Waals surface area contributed by atoms with Gasteiger partial charge in [-0.15, -0.1) is 0 Å². The summed E-state index contributed by atoms with van der Waals surface area (Å²) in [5.41, 5.74) is 2.24. The Labute approximate surface area is 239 Å². The van der Waals surface area contributed by atoms with Crippen molar-refractivity contribution in [1.82, 2.24) is 10.2 Å². The molecule has 0 spiro atoms. The number of benzene rings is 3. The van der Waals surface area contributed by atoms with Crippen molar-refractivity contribution in [3.63, 3.8) is 0 Å². The maximum Gasteiger partial charge on any atom is 0.264 e. The Morgan fingerprint density at radius 2 is 1.56 bits per heavy atom. The van der Waals surface area contributed by atoms with E-state index < -0.39 is 28.5 Å². The van der Waals surface area contributed by atoms with Gasteiger partial charge < -0.3 is 10.2 Å². The van der Waals surface area contributed by atoms with E-state index in [9.17, 15) is 18.0 Å². The zero-order chi connectivity index (χ0) is 28.0. The van der Waals surface area contributed by atoms with Crippen molar-refractivity contribution >= 4 is 43.5 Å². The molecule has 39 heavy (non-hydrogen) atoms. The van der Waals surface area contributed by atoms with E-state index in [2.05, 4.69) is 21.2 Å². The van der Waals surface area contributed by atoms with Gasteiger partial charge in [0.1, 0.15) is 12.6 Å². The minimum atomic E-state index is -4.07. The fraction of sp³-hybridized carbons (Fsp3) is 0.333. The number of aryl methyl sites for hydroxylation is 1. The summed E-state index contributed by atoms with van der Waals surface area (Å²) >= 11 is 3.39. The van der Waals surface area contributed by atoms with Crippen LogP contribution in [-0.2, 0) is 26.2 Å². The Morgan fingerprint density at radius 1 is 0.949 bits per heavy atom. The highest BCUT2D eigenvalue weighted by Crippen LogP contribution is 2.26. The molecule has 9 heteroatoms. The van der Waals surface area contributed by atoms with Crippen molar-refractivity contribution in [2.45, 2.75) is 63.1 Å². The molecule has 1 aliphatic carbocycles. The van der Waals surface area contributed by atoms with Crippen LogP contribution in [-0.4, -0.2) is 43.8 Å². The highest BCUT2D eigenvalue weighted by molar-refractivity contribution is 9.10. The monoisotopic (exact) mass is 611 g/mol. The molecule has 7 nitrogen and oxygen atoms in total. The van der Waals surface area contributed by atoms with Gasteiger partial charge in [-0.3, -0.25) is 13.9 Å². The Balaban J connectivity index is 1.68. The van der Waals surface area contributed by atoms with Crippen LogP contribution in [0.3, 0.4) is 0 Å². The Morgan fingerprint density at radius 3 is 2.21 bits per heavy atom. The molecule has 206 valence electrons. The third kappa shape index (κ3) is 7.08. The summed E-state index contributed by atoms with van der Waals surface area (Å²) in [6, 6.07) is 21.8. The van der Waals surface area contributed by atoms with Gasteiger partial charge in [0.05, 0.1) is 10.6 Å². The van der Waals surface area contributed by atoms with E-state index in [0.717, 1.165) is 45.6 Å². The SMILES string of the molecule is Cc1ccccc1CN(C(=O)CN(c1ccc(Br)cc1)S(=O)(=O)c1ccccc1)[C@@H](C)C(=O)NC1CCCC1. The molecule has 3 aromatic carbocycles. The van der Waals surface area contributed by atoms with E-state index in [4.69, 9.17) is 0 Å². The molecule has 4 rings (SSSR count). The quantitative estimate of drug-likeness (QED) is 0.331. The number of hydrogen-bond donors (Lipinski definition) is 1. The van der Waals surface area contributed by atoms with E-state index in [1.54, 1.807) is 49.4 Å². The maximum absolute atomic E-state index is 14.0. The number of anilines is 1. The number of hydrogen-bond acceptors (Lipinski definition) is 4. The topological polar surface area (TPSA) is 86.8 Å². The first-order chi connectivity index (χ1) is 18.7. The summed E-state index contributed by atoms with van der Waals surface area (Å²) in [4.78, 5) is 28.9. The van der Waals surface area contributed by atoms with E-state index in [1.165, 1.54) is 17.0 Å². The van der Waals surface area contributed by atoms with Gasteiger partial charge in [-0.05, 0) is 74.2 Å². The lowest BCUT2D eigenvalue weighted by Crippen LogP contribution is -2.52. The van der Waals surface area contributed by atoms with Crippen LogP contribution in [0.4, 0.5) is 5.69 Å². The number of nitrogens with one attached hydrogen (secondary N) is 1. The fourth-order valence-corrected chi connectivity index (χ4v) is 6.50. The van der Waals surface area contributed by atoms with E-state index >= 15 is 0 Å². The molecule has 0 saturated heterocycles. The lowest BCUT2D eigenvalue weighted by atomic mass is 10.1. The van der Waals surface area contributed by atoms with Crippen LogP contribution in [0.5, 0.6) is 0 Å². The van der Waals surface area contributed by atoms with Crippen molar-refractivity contribution in [2.75, 3.05) is 10.8 Å². The summed E-state index contributed by atoms with van der Waals surface area (Å²) in [6.45, 7) is 3.39. The summed E-state index contributed by atoms with van der Waals surface area (Å²) in [5, 5.41) is 3.09. The molecule has 0 aliphatic heterocycles. The zero-order valence-electron chi connectivity index (χ0n) is 22.2. The van der Waals surface area contributed by atoms with Crippen LogP contribution in [0.15, 0.2) is 88.2 Å². The van der Waals surface area contributed by atoms with Gasteiger partial charge in [0.15, 0.2) is 0 Å². The highest BCUT2D eigenvalue weighted by Gasteiger charge is 2.33. The van der Waals surface area contributed by atoms with Crippen molar-refractivity contribution in [2.24, 2.45) is 0 Å². The number of halogens is 1. The Kier molecular flexibility index (Phi) is 9.45. The van der Waals surface area contributed by atoms with E-state index in [0.29, 0.717) is 5.69 Å². The number of carbonyl (C=O) groups is 2. The van der Waals surface area contributed by atoms with Gasteiger partial charge in [-0.2, -0.15) is 0 Å². The largest absolute Gasteiger partial charge is 0.352 e. The molecule has 0 radical (unpaired) electrons. The Bertz CT molecular complexity index is 1390. The molecule has 3 aromatic rings. The average molecular weight is 613 g/mol. The average Bonchev–Trinajstić information content (AvgIpc) is 3.45. The first-order valence-corrected chi connectivity index (χ1v) is 15.4. The molecule has 0 aromatic heterocycles. The molecule has 1 atom stereocenters. The third-order valence-electron chi connectivity index (χ3n) is 7.20. The minimum absolute atomic E-state index is 0.0817. The number of nitrogens with zero attached hydrogens (tertiary/aromatic N) is 2. The molecule has 0 bridgehead atoms. The fourth-order valence-electron chi connectivity index (χ4n) is 4.80. The number of amides is 2. The van der Waals surface area contributed by atoms with Crippen LogP contribution in [0.25, 0.3) is 0 Å². The van der Waals surface area contributed by atoms with Crippen LogP contribution in [0.2, 0.25) is 0 Å². The Hall–Kier alpha value is -3.17. The van der Waals surface area contributed by atoms with Gasteiger partial charge in [-0.1, -0.05) is 71.2 Å². The normalized spacial score (nSPS) is 14.5. The molecule has 0 unspecified atom stereocenters. The van der Waals surface area contributed by atoms with Crippen LogP contribution >= 0.6 is 15.9 Å². The molecular formula is C30H34BrN3O4S. The molecule has 0 heterocycles. The lowest BCUT2D eigenvalue weighted by Gasteiger charge is -2.32. The van der Waals surface area contributed by atoms with Gasteiger partial charge in [0.25, 0.3) is 10.0 Å². The van der Waals surface area contributed by atoms with Gasteiger partial charge in [0.2, 0.25) is 11.8 Å². The van der Waals surface area contributed by atoms with Crippen molar-refractivity contribution in [3.8, 4) is 0 Å². The van der Waals surface area contributed by atoms with E-state index in [1.807, 2.05) is 31.2 Å². The standard InChI is InChI=1S/C30H34BrN3O4S/c1-22-10-6-7-11-24(22)20-33(23(2)30(36)32-26-12-8-9-13-26)29(35)21-34(27-18-16-25(31)17-19-27)39(37,38)28-14-4-3-5-15-28/h3-7,10-11,14-19,23,26H,8-9,12-13,20-21H2,1-2H3,(H,32,36)/t23-/m0/s1. The second kappa shape index (κ2) is 12.8. The lowest BCUT2D eigenvalue weighted by molar-refractivity contribution is -0.139. The van der Waals surface area contributed by atoms with Gasteiger partial charge >= 0.3 is 0 Å². The second-order valence-electron chi connectivity index (χ2n) is 9.92. The van der Waals surface area contributed by atoms with Crippen LogP contribution in [0.1, 0.15) is 43.7 Å². The number of sulfonamides is 1. The van der Waals surface area contributed by atoms with Crippen molar-refractivity contribution < 1.29 is 18.0 Å². The molecule has 2 amide bonds. The predicted octanol–water partition coefficient (Wildman–Crippen LogP) is 5.43. The zero-order valence-corrected chi connectivity index (χ0v) is 24.6. The van der Waals surface area contributed by atoms with Crippen molar-refractivity contribution in [1.29, 1.82) is 0 Å². The third-order valence-corrected chi connectivity index (χ3v) is 9.51. The molecule has 1 saturated carbocycles. The highest BCUT2D eigenvalue weighted by atomic mass is 79.9. The number of carbonyl (C=O) groups excluding carboxylic acids is 2. The van der Waals surface area contributed by atoms with Gasteiger partial charge in [0, 0.05) is 17.1 Å². The van der Waals surface area contributed by atoms with Crippen LogP contribution < -0.4 is 9.62 Å². The summed E-state index contributed by atoms with van der Waals surface area (Å²) in [5.74, 6) is -0.695. The molecule has 1 fully saturated rings. The predicted molar refractivity (Wildman–Crippen MR) is 157 cm³/mol. The molecule has 1 N–H and O–H groups in total. The first kappa shape index (κ1) is 28.8. The molecular weight excluding hydrogens is 578 g/mol. The first-order valence-electron chi connectivity index (χ1n) is 13.1. The second-order valence-corrected chi connectivity index (χ2v) is 12.7.